The molecule has 1 aliphatic heterocycles. The predicted octanol–water partition coefficient (Wildman–Crippen LogP) is 3.96. The third-order valence-corrected chi connectivity index (χ3v) is 6.70. The van der Waals surface area contributed by atoms with Gasteiger partial charge in [0, 0.05) is 49.0 Å². The van der Waals surface area contributed by atoms with Gasteiger partial charge >= 0.3 is 0 Å². The maximum absolute atomic E-state index is 12.6. The van der Waals surface area contributed by atoms with Crippen molar-refractivity contribution < 1.29 is 4.79 Å². The Labute approximate surface area is 179 Å². The Morgan fingerprint density at radius 2 is 1.72 bits per heavy atom. The number of carbonyl (C=O) groups excluding carboxylic acids is 1. The fraction of sp³-hybridized carbons (Fsp3) is 0.318. The topological polar surface area (TPSA) is 49.3 Å². The summed E-state index contributed by atoms with van der Waals surface area (Å²) in [5.41, 5.74) is 1.22. The van der Waals surface area contributed by atoms with Crippen molar-refractivity contribution in [3.63, 3.8) is 0 Å². The summed E-state index contributed by atoms with van der Waals surface area (Å²) in [6.07, 6.45) is 1.71. The lowest BCUT2D eigenvalue weighted by Crippen LogP contribution is -2.36. The van der Waals surface area contributed by atoms with E-state index in [9.17, 15) is 4.79 Å². The Hall–Kier alpha value is -2.38. The average Bonchev–Trinajstić information content (AvgIpc) is 3.08. The summed E-state index contributed by atoms with van der Waals surface area (Å²) in [6.45, 7) is 3.26. The largest absolute Gasteiger partial charge is 0.345 e. The summed E-state index contributed by atoms with van der Waals surface area (Å²) in [7, 11) is 0. The number of hydrogen-bond acceptors (Lipinski definition) is 6. The first-order valence-electron chi connectivity index (χ1n) is 9.85. The molecule has 3 aromatic rings. The number of aromatic nitrogens is 2. The summed E-state index contributed by atoms with van der Waals surface area (Å²) < 4.78 is 4.54. The molecule has 1 amide bonds. The maximum atomic E-state index is 12.6. The van der Waals surface area contributed by atoms with Crippen LogP contribution in [0.15, 0.2) is 65.6 Å². The van der Waals surface area contributed by atoms with Crippen molar-refractivity contribution in [3.05, 3.63) is 72.1 Å². The highest BCUT2D eigenvalue weighted by Crippen LogP contribution is 2.22. The van der Waals surface area contributed by atoms with Gasteiger partial charge in [-0.1, -0.05) is 48.5 Å². The molecule has 7 heteroatoms. The van der Waals surface area contributed by atoms with Crippen LogP contribution in [0.4, 0.5) is 5.13 Å². The van der Waals surface area contributed by atoms with Crippen LogP contribution in [0.25, 0.3) is 0 Å². The van der Waals surface area contributed by atoms with E-state index in [-0.39, 0.29) is 5.91 Å². The molecule has 29 heavy (non-hydrogen) atoms. The molecule has 2 heterocycles. The number of hydrogen-bond donors (Lipinski definition) is 0. The average molecular weight is 425 g/mol. The van der Waals surface area contributed by atoms with Gasteiger partial charge in [0.1, 0.15) is 5.82 Å². The van der Waals surface area contributed by atoms with Crippen molar-refractivity contribution in [3.8, 4) is 0 Å². The minimum absolute atomic E-state index is 0.211. The number of amides is 1. The fourth-order valence-electron chi connectivity index (χ4n) is 3.33. The monoisotopic (exact) mass is 424 g/mol. The fourth-order valence-corrected chi connectivity index (χ4v) is 4.89. The second kappa shape index (κ2) is 9.89. The van der Waals surface area contributed by atoms with Crippen LogP contribution >= 0.6 is 23.3 Å². The smallest absolute Gasteiger partial charge is 0.232 e. The highest BCUT2D eigenvalue weighted by molar-refractivity contribution is 8.00. The molecular formula is C22H24N4OS2. The number of nitrogens with zero attached hydrogens (tertiary/aromatic N) is 4. The highest BCUT2D eigenvalue weighted by atomic mass is 32.2. The number of benzene rings is 2. The van der Waals surface area contributed by atoms with Crippen LogP contribution in [0.1, 0.15) is 17.8 Å². The van der Waals surface area contributed by atoms with Crippen molar-refractivity contribution >= 4 is 34.3 Å². The molecule has 0 bridgehead atoms. The molecule has 0 unspecified atom stereocenters. The Balaban J connectivity index is 1.30. The SMILES string of the molecule is O=C(CSc1ccccc1)N1CCCN(c2nc(Cc3ccccc3)ns2)CC1. The zero-order valence-corrected chi connectivity index (χ0v) is 17.9. The zero-order chi connectivity index (χ0) is 19.9. The minimum Gasteiger partial charge on any atom is -0.345 e. The molecule has 1 aliphatic rings. The van der Waals surface area contributed by atoms with Crippen molar-refractivity contribution in [2.45, 2.75) is 17.7 Å². The first-order chi connectivity index (χ1) is 14.3. The molecule has 1 aromatic heterocycles. The standard InChI is InChI=1S/C22H24N4OS2/c27-21(17-28-19-10-5-2-6-11-19)25-12-7-13-26(15-14-25)22-23-20(24-29-22)16-18-8-3-1-4-9-18/h1-6,8-11H,7,12-17H2. The summed E-state index contributed by atoms with van der Waals surface area (Å²) in [6, 6.07) is 20.4. The number of rotatable bonds is 6. The Kier molecular flexibility index (Phi) is 6.79. The van der Waals surface area contributed by atoms with Gasteiger partial charge in [0.15, 0.2) is 0 Å². The van der Waals surface area contributed by atoms with E-state index in [4.69, 9.17) is 4.98 Å². The molecular weight excluding hydrogens is 400 g/mol. The Morgan fingerprint density at radius 1 is 0.966 bits per heavy atom. The predicted molar refractivity (Wildman–Crippen MR) is 120 cm³/mol. The van der Waals surface area contributed by atoms with Crippen LogP contribution in [-0.4, -0.2) is 52.1 Å². The number of thioether (sulfide) groups is 1. The van der Waals surface area contributed by atoms with E-state index in [1.807, 2.05) is 53.4 Å². The molecule has 0 radical (unpaired) electrons. The van der Waals surface area contributed by atoms with Crippen LogP contribution in [0.2, 0.25) is 0 Å². The quantitative estimate of drug-likeness (QED) is 0.561. The van der Waals surface area contributed by atoms with Crippen molar-refractivity contribution in [1.29, 1.82) is 0 Å². The molecule has 0 atom stereocenters. The molecule has 0 spiro atoms. The van der Waals surface area contributed by atoms with E-state index in [2.05, 4.69) is 21.4 Å². The van der Waals surface area contributed by atoms with E-state index >= 15 is 0 Å². The molecule has 2 aromatic carbocycles. The second-order valence-electron chi connectivity index (χ2n) is 6.98. The zero-order valence-electron chi connectivity index (χ0n) is 16.2. The van der Waals surface area contributed by atoms with E-state index in [0.29, 0.717) is 5.75 Å². The molecule has 1 fully saturated rings. The van der Waals surface area contributed by atoms with Crippen LogP contribution in [0.3, 0.4) is 0 Å². The van der Waals surface area contributed by atoms with Crippen molar-refractivity contribution in [2.24, 2.45) is 0 Å². The molecule has 150 valence electrons. The summed E-state index contributed by atoms with van der Waals surface area (Å²) >= 11 is 3.06. The minimum atomic E-state index is 0.211. The van der Waals surface area contributed by atoms with Gasteiger partial charge in [-0.15, -0.1) is 11.8 Å². The van der Waals surface area contributed by atoms with Gasteiger partial charge in [-0.05, 0) is 24.1 Å². The normalized spacial score (nSPS) is 14.6. The van der Waals surface area contributed by atoms with Gasteiger partial charge in [0.05, 0.1) is 5.75 Å². The summed E-state index contributed by atoms with van der Waals surface area (Å²) in [4.78, 5) is 22.8. The van der Waals surface area contributed by atoms with Crippen molar-refractivity contribution in [1.82, 2.24) is 14.3 Å². The van der Waals surface area contributed by atoms with E-state index < -0.39 is 0 Å². The molecule has 5 nitrogen and oxygen atoms in total. The van der Waals surface area contributed by atoms with Crippen LogP contribution in [-0.2, 0) is 11.2 Å². The van der Waals surface area contributed by atoms with E-state index in [1.165, 1.54) is 17.1 Å². The van der Waals surface area contributed by atoms with Crippen molar-refractivity contribution in [2.75, 3.05) is 36.8 Å². The Morgan fingerprint density at radius 3 is 2.52 bits per heavy atom. The lowest BCUT2D eigenvalue weighted by Gasteiger charge is -2.21. The first-order valence-corrected chi connectivity index (χ1v) is 11.6. The van der Waals surface area contributed by atoms with Gasteiger partial charge in [-0.3, -0.25) is 4.79 Å². The van der Waals surface area contributed by atoms with E-state index in [1.54, 1.807) is 11.8 Å². The summed E-state index contributed by atoms with van der Waals surface area (Å²) in [5.74, 6) is 1.57. The molecule has 1 saturated heterocycles. The van der Waals surface area contributed by atoms with Gasteiger partial charge < -0.3 is 9.80 Å². The van der Waals surface area contributed by atoms with Crippen LogP contribution in [0.5, 0.6) is 0 Å². The van der Waals surface area contributed by atoms with Crippen LogP contribution < -0.4 is 4.90 Å². The first kappa shape index (κ1) is 19.9. The van der Waals surface area contributed by atoms with E-state index in [0.717, 1.165) is 54.9 Å². The lowest BCUT2D eigenvalue weighted by atomic mass is 10.1. The second-order valence-corrected chi connectivity index (χ2v) is 8.76. The highest BCUT2D eigenvalue weighted by Gasteiger charge is 2.21. The van der Waals surface area contributed by atoms with Gasteiger partial charge in [-0.2, -0.15) is 4.37 Å². The Bertz CT molecular complexity index is 917. The molecule has 0 N–H and O–H groups in total. The number of carbonyl (C=O) groups is 1. The molecule has 0 saturated carbocycles. The third kappa shape index (κ3) is 5.58. The van der Waals surface area contributed by atoms with Crippen LogP contribution in [0, 0.1) is 0 Å². The molecule has 0 aliphatic carbocycles. The number of anilines is 1. The third-order valence-electron chi connectivity index (χ3n) is 4.89. The maximum Gasteiger partial charge on any atom is 0.232 e. The van der Waals surface area contributed by atoms with Gasteiger partial charge in [-0.25, -0.2) is 4.98 Å². The van der Waals surface area contributed by atoms with Gasteiger partial charge in [0.25, 0.3) is 0 Å². The van der Waals surface area contributed by atoms with Gasteiger partial charge in [0.2, 0.25) is 11.0 Å². The lowest BCUT2D eigenvalue weighted by molar-refractivity contribution is -0.128. The molecule has 4 rings (SSSR count). The summed E-state index contributed by atoms with van der Waals surface area (Å²) in [5, 5.41) is 0.962.